The van der Waals surface area contributed by atoms with Crippen molar-refractivity contribution in [1.29, 1.82) is 0 Å². The molecule has 1 heterocycles. The highest BCUT2D eigenvalue weighted by Gasteiger charge is 2.23. The molecule has 1 unspecified atom stereocenters. The molecule has 0 aliphatic rings. The molecule has 0 aliphatic heterocycles. The van der Waals surface area contributed by atoms with Crippen LogP contribution in [-0.2, 0) is 11.8 Å². The first kappa shape index (κ1) is 9.77. The lowest BCUT2D eigenvalue weighted by Crippen LogP contribution is -2.43. The Labute approximate surface area is 77.4 Å². The highest BCUT2D eigenvalue weighted by atomic mass is 16.4. The van der Waals surface area contributed by atoms with Gasteiger partial charge < -0.3 is 5.11 Å². The number of hydrogen-bond donors (Lipinski definition) is 1. The third-order valence-electron chi connectivity index (χ3n) is 2.49. The van der Waals surface area contributed by atoms with Crippen LogP contribution in [0.15, 0.2) is 6.20 Å². The van der Waals surface area contributed by atoms with Gasteiger partial charge in [-0.05, 0) is 6.92 Å². The fourth-order valence-electron chi connectivity index (χ4n) is 1.32. The molecule has 4 heteroatoms. The van der Waals surface area contributed by atoms with E-state index in [1.165, 1.54) is 0 Å². The number of aliphatic carboxylic acids is 1. The first-order valence-electron chi connectivity index (χ1n) is 4.22. The smallest absolute Gasteiger partial charge is 0.349 e. The van der Waals surface area contributed by atoms with Crippen LogP contribution in [0.5, 0.6) is 0 Å². The number of nitrogens with zero attached hydrogens (tertiary/aromatic N) is 2. The van der Waals surface area contributed by atoms with Gasteiger partial charge >= 0.3 is 5.97 Å². The molecule has 13 heavy (non-hydrogen) atoms. The second-order valence-electron chi connectivity index (χ2n) is 3.30. The summed E-state index contributed by atoms with van der Waals surface area (Å²) in [6, 6.07) is -0.500. The Morgan fingerprint density at radius 2 is 2.15 bits per heavy atom. The summed E-state index contributed by atoms with van der Waals surface area (Å²) in [7, 11) is 1.93. The Kier molecular flexibility index (Phi) is 2.40. The third-order valence-corrected chi connectivity index (χ3v) is 2.49. The molecule has 0 bridgehead atoms. The van der Waals surface area contributed by atoms with Crippen LogP contribution in [0.1, 0.15) is 24.5 Å². The van der Waals surface area contributed by atoms with E-state index in [4.69, 9.17) is 5.11 Å². The van der Waals surface area contributed by atoms with E-state index in [0.717, 1.165) is 11.5 Å². The Hall–Kier alpha value is -1.32. The normalized spacial score (nSPS) is 12.9. The van der Waals surface area contributed by atoms with Gasteiger partial charge in [0.25, 0.3) is 5.82 Å². The van der Waals surface area contributed by atoms with Crippen molar-refractivity contribution in [2.24, 2.45) is 7.05 Å². The van der Waals surface area contributed by atoms with E-state index < -0.39 is 12.0 Å². The van der Waals surface area contributed by atoms with Gasteiger partial charge in [-0.15, -0.1) is 0 Å². The molecule has 1 aromatic rings. The Morgan fingerprint density at radius 3 is 2.46 bits per heavy atom. The van der Waals surface area contributed by atoms with E-state index in [1.54, 1.807) is 11.5 Å². The summed E-state index contributed by atoms with van der Waals surface area (Å²) < 4.78 is 3.73. The maximum atomic E-state index is 10.7. The Bertz CT molecular complexity index is 342. The second kappa shape index (κ2) is 3.20. The predicted octanol–water partition coefficient (Wildman–Crippen LogP) is 0.575. The molecule has 72 valence electrons. The number of carboxylic acid groups (broad SMARTS) is 1. The lowest BCUT2D eigenvalue weighted by Gasteiger charge is -2.02. The predicted molar refractivity (Wildman–Crippen MR) is 47.4 cm³/mol. The summed E-state index contributed by atoms with van der Waals surface area (Å²) in [4.78, 5) is 10.7. The molecule has 0 saturated carbocycles. The van der Waals surface area contributed by atoms with Crippen molar-refractivity contribution < 1.29 is 14.5 Å². The van der Waals surface area contributed by atoms with Crippen molar-refractivity contribution in [3.63, 3.8) is 0 Å². The average Bonchev–Trinajstić information content (AvgIpc) is 2.31. The van der Waals surface area contributed by atoms with E-state index in [2.05, 4.69) is 0 Å². The standard InChI is InChI=1S/C9H14N2O2/c1-6-5-11(7(2)9(12)13)8(3)10(6)4/h5,7H,1-4H3/p+1. The molecule has 0 radical (unpaired) electrons. The van der Waals surface area contributed by atoms with Gasteiger partial charge in [0.15, 0.2) is 6.04 Å². The van der Waals surface area contributed by atoms with Crippen LogP contribution in [0.2, 0.25) is 0 Å². The molecule has 1 aromatic heterocycles. The number of aryl methyl sites for hydroxylation is 1. The zero-order chi connectivity index (χ0) is 10.2. The van der Waals surface area contributed by atoms with Gasteiger partial charge in [-0.2, -0.15) is 0 Å². The van der Waals surface area contributed by atoms with Crippen LogP contribution in [0, 0.1) is 13.8 Å². The first-order valence-corrected chi connectivity index (χ1v) is 4.22. The summed E-state index contributed by atoms with van der Waals surface area (Å²) >= 11 is 0. The molecule has 0 aromatic carbocycles. The van der Waals surface area contributed by atoms with E-state index in [1.807, 2.05) is 31.7 Å². The summed E-state index contributed by atoms with van der Waals surface area (Å²) in [5.41, 5.74) is 1.06. The van der Waals surface area contributed by atoms with Crippen LogP contribution in [0.3, 0.4) is 0 Å². The zero-order valence-corrected chi connectivity index (χ0v) is 8.40. The highest BCUT2D eigenvalue weighted by Crippen LogP contribution is 2.03. The number of carbonyl (C=O) groups is 1. The molecular formula is C9H15N2O2+. The molecule has 0 aliphatic carbocycles. The number of imidazole rings is 1. The van der Waals surface area contributed by atoms with Gasteiger partial charge in [-0.3, -0.25) is 0 Å². The average molecular weight is 183 g/mol. The first-order chi connectivity index (χ1) is 5.95. The molecule has 0 fully saturated rings. The highest BCUT2D eigenvalue weighted by molar-refractivity contribution is 5.69. The summed E-state index contributed by atoms with van der Waals surface area (Å²) in [5.74, 6) is 0.145. The van der Waals surface area contributed by atoms with Gasteiger partial charge in [0.05, 0.1) is 7.05 Å². The molecule has 1 N–H and O–H groups in total. The summed E-state index contributed by atoms with van der Waals surface area (Å²) in [6.45, 7) is 5.54. The lowest BCUT2D eigenvalue weighted by molar-refractivity contribution is -0.712. The summed E-state index contributed by atoms with van der Waals surface area (Å²) in [5, 5.41) is 8.83. The van der Waals surface area contributed by atoms with Crippen LogP contribution in [0.25, 0.3) is 0 Å². The van der Waals surface area contributed by atoms with Crippen molar-refractivity contribution in [1.82, 2.24) is 4.57 Å². The van der Waals surface area contributed by atoms with Gasteiger partial charge in [0.1, 0.15) is 11.9 Å². The van der Waals surface area contributed by atoms with Crippen LogP contribution in [-0.4, -0.2) is 15.6 Å². The number of carboxylic acids is 1. The molecule has 0 saturated heterocycles. The number of rotatable bonds is 2. The van der Waals surface area contributed by atoms with Crippen molar-refractivity contribution in [3.05, 3.63) is 17.7 Å². The molecule has 1 rings (SSSR count). The largest absolute Gasteiger partial charge is 0.478 e. The molecular weight excluding hydrogens is 168 g/mol. The maximum Gasteiger partial charge on any atom is 0.349 e. The zero-order valence-electron chi connectivity index (χ0n) is 8.40. The fourth-order valence-corrected chi connectivity index (χ4v) is 1.32. The number of aromatic nitrogens is 2. The van der Waals surface area contributed by atoms with E-state index in [0.29, 0.717) is 0 Å². The Balaban J connectivity index is 3.15. The number of hydrogen-bond acceptors (Lipinski definition) is 1. The van der Waals surface area contributed by atoms with Crippen LogP contribution < -0.4 is 4.57 Å². The minimum Gasteiger partial charge on any atom is -0.478 e. The monoisotopic (exact) mass is 183 g/mol. The van der Waals surface area contributed by atoms with Gasteiger partial charge in [0.2, 0.25) is 0 Å². The van der Waals surface area contributed by atoms with E-state index in [9.17, 15) is 4.79 Å². The minimum absolute atomic E-state index is 0.500. The van der Waals surface area contributed by atoms with Gasteiger partial charge in [-0.25, -0.2) is 13.9 Å². The van der Waals surface area contributed by atoms with Crippen molar-refractivity contribution in [2.45, 2.75) is 26.8 Å². The Morgan fingerprint density at radius 1 is 1.62 bits per heavy atom. The molecule has 0 amide bonds. The topological polar surface area (TPSA) is 46.1 Å². The third kappa shape index (κ3) is 1.56. The molecule has 4 nitrogen and oxygen atoms in total. The van der Waals surface area contributed by atoms with E-state index in [-0.39, 0.29) is 0 Å². The maximum absolute atomic E-state index is 10.7. The van der Waals surface area contributed by atoms with Crippen molar-refractivity contribution in [2.75, 3.05) is 0 Å². The molecule has 1 atom stereocenters. The van der Waals surface area contributed by atoms with Crippen LogP contribution in [0.4, 0.5) is 0 Å². The SMILES string of the molecule is Cc1c[n+](C(C)C(=O)O)c(C)n1C. The van der Waals surface area contributed by atoms with Gasteiger partial charge in [0, 0.05) is 13.8 Å². The molecule has 0 spiro atoms. The van der Waals surface area contributed by atoms with Crippen LogP contribution >= 0.6 is 0 Å². The second-order valence-corrected chi connectivity index (χ2v) is 3.30. The fraction of sp³-hybridized carbons (Fsp3) is 0.556. The summed E-state index contributed by atoms with van der Waals surface area (Å²) in [6.07, 6.45) is 1.86. The quantitative estimate of drug-likeness (QED) is 0.681. The van der Waals surface area contributed by atoms with Gasteiger partial charge in [-0.1, -0.05) is 0 Å². The van der Waals surface area contributed by atoms with Crippen molar-refractivity contribution in [3.8, 4) is 0 Å². The lowest BCUT2D eigenvalue weighted by atomic mass is 10.3. The van der Waals surface area contributed by atoms with E-state index >= 15 is 0 Å². The van der Waals surface area contributed by atoms with Crippen molar-refractivity contribution >= 4 is 5.97 Å². The minimum atomic E-state index is -0.807.